The second kappa shape index (κ2) is 8.16. The third kappa shape index (κ3) is 4.37. The van der Waals surface area contributed by atoms with Crippen molar-refractivity contribution in [3.05, 3.63) is 53.8 Å². The molecule has 29 heavy (non-hydrogen) atoms. The molecule has 0 unspecified atom stereocenters. The van der Waals surface area contributed by atoms with Gasteiger partial charge in [-0.15, -0.1) is 0 Å². The number of hydrogen-bond donors (Lipinski definition) is 1. The van der Waals surface area contributed by atoms with E-state index < -0.39 is 15.9 Å². The first-order chi connectivity index (χ1) is 13.7. The summed E-state index contributed by atoms with van der Waals surface area (Å²) in [6, 6.07) is 11.9. The highest BCUT2D eigenvalue weighted by Gasteiger charge is 2.25. The van der Waals surface area contributed by atoms with Crippen molar-refractivity contribution in [2.75, 3.05) is 25.6 Å². The molecule has 2 aromatic carbocycles. The van der Waals surface area contributed by atoms with E-state index in [0.717, 1.165) is 11.3 Å². The van der Waals surface area contributed by atoms with Gasteiger partial charge in [0.1, 0.15) is 16.2 Å². The molecule has 3 aromatic rings. The summed E-state index contributed by atoms with van der Waals surface area (Å²) >= 11 is 0. The van der Waals surface area contributed by atoms with Crippen LogP contribution in [0.3, 0.4) is 0 Å². The fraction of sp³-hybridized carbons (Fsp3) is 0.286. The van der Waals surface area contributed by atoms with Crippen LogP contribution in [0.15, 0.2) is 51.8 Å². The van der Waals surface area contributed by atoms with E-state index in [1.165, 1.54) is 12.1 Å². The topological polar surface area (TPSA) is 88.8 Å². The number of nitrogens with zero attached hydrogens (tertiary/aromatic N) is 1. The molecule has 3 rings (SSSR count). The van der Waals surface area contributed by atoms with E-state index >= 15 is 0 Å². The first-order valence-electron chi connectivity index (χ1n) is 9.29. The Labute approximate surface area is 170 Å². The van der Waals surface area contributed by atoms with Gasteiger partial charge in [-0.1, -0.05) is 13.0 Å². The Kier molecular flexibility index (Phi) is 5.83. The molecular formula is C21H24N2O5S. The van der Waals surface area contributed by atoms with Crippen LogP contribution in [0.5, 0.6) is 5.75 Å². The Morgan fingerprint density at radius 1 is 1.10 bits per heavy atom. The van der Waals surface area contributed by atoms with Gasteiger partial charge in [-0.3, -0.25) is 4.79 Å². The number of carbonyl (C=O) groups is 1. The number of amides is 1. The van der Waals surface area contributed by atoms with Gasteiger partial charge in [-0.2, -0.15) is 0 Å². The molecule has 0 aliphatic carbocycles. The third-order valence-electron chi connectivity index (χ3n) is 4.48. The molecule has 1 aromatic heterocycles. The van der Waals surface area contributed by atoms with Crippen molar-refractivity contribution in [1.82, 2.24) is 4.72 Å². The zero-order valence-electron chi connectivity index (χ0n) is 16.9. The number of furan rings is 1. The van der Waals surface area contributed by atoms with Crippen LogP contribution in [0.1, 0.15) is 30.0 Å². The summed E-state index contributed by atoms with van der Waals surface area (Å²) in [5.74, 6) is -0.716. The van der Waals surface area contributed by atoms with Crippen molar-refractivity contribution < 1.29 is 22.4 Å². The van der Waals surface area contributed by atoms with Crippen LogP contribution in [0.4, 0.5) is 5.69 Å². The first-order valence-corrected chi connectivity index (χ1v) is 10.8. The molecule has 0 radical (unpaired) electrons. The van der Waals surface area contributed by atoms with Crippen molar-refractivity contribution in [3.8, 4) is 5.75 Å². The summed E-state index contributed by atoms with van der Waals surface area (Å²) in [5.41, 5.74) is 2.23. The van der Waals surface area contributed by atoms with Crippen LogP contribution < -0.4 is 14.4 Å². The Balaban J connectivity index is 1.92. The van der Waals surface area contributed by atoms with E-state index in [4.69, 9.17) is 9.15 Å². The predicted molar refractivity (Wildman–Crippen MR) is 112 cm³/mol. The lowest BCUT2D eigenvalue weighted by molar-refractivity contribution is 0.0956. The summed E-state index contributed by atoms with van der Waals surface area (Å²) in [6.45, 7) is 3.99. The Hall–Kier alpha value is -3.00. The van der Waals surface area contributed by atoms with Gasteiger partial charge in [0, 0.05) is 31.2 Å². The molecule has 0 fully saturated rings. The lowest BCUT2D eigenvalue weighted by Gasteiger charge is -2.12. The largest absolute Gasteiger partial charge is 0.492 e. The lowest BCUT2D eigenvalue weighted by atomic mass is 10.2. The quantitative estimate of drug-likeness (QED) is 0.633. The molecule has 1 N–H and O–H groups in total. The first kappa shape index (κ1) is 20.7. The van der Waals surface area contributed by atoms with Gasteiger partial charge in [-0.05, 0) is 49.2 Å². The Bertz CT molecular complexity index is 1150. The van der Waals surface area contributed by atoms with E-state index in [9.17, 15) is 13.2 Å². The number of carbonyl (C=O) groups excluding carboxylic acids is 1. The SMILES string of the molecule is CCOc1ccc(CC)cc1S(=O)(=O)NC(=O)c1cc2ccc(N(C)C)cc2o1. The number of ether oxygens (including phenoxy) is 1. The number of hydrogen-bond acceptors (Lipinski definition) is 6. The van der Waals surface area contributed by atoms with Gasteiger partial charge < -0.3 is 14.1 Å². The summed E-state index contributed by atoms with van der Waals surface area (Å²) < 4.78 is 38.9. The molecule has 0 aliphatic rings. The molecule has 1 heterocycles. The molecule has 0 spiro atoms. The minimum absolute atomic E-state index is 0.0712. The highest BCUT2D eigenvalue weighted by molar-refractivity contribution is 7.90. The maximum atomic E-state index is 12.9. The van der Waals surface area contributed by atoms with E-state index in [-0.39, 0.29) is 16.4 Å². The molecule has 0 bridgehead atoms. The number of nitrogens with one attached hydrogen (secondary N) is 1. The standard InChI is InChI=1S/C21H24N2O5S/c1-5-14-7-10-17(27-6-2)20(11-14)29(25,26)22-21(24)19-12-15-8-9-16(23(3)4)13-18(15)28-19/h7-13H,5-6H2,1-4H3,(H,22,24). The van der Waals surface area contributed by atoms with Gasteiger partial charge in [0.25, 0.3) is 10.0 Å². The fourth-order valence-corrected chi connectivity index (χ4v) is 4.05. The zero-order chi connectivity index (χ0) is 21.2. The van der Waals surface area contributed by atoms with Gasteiger partial charge in [0.05, 0.1) is 6.61 Å². The highest BCUT2D eigenvalue weighted by atomic mass is 32.2. The minimum atomic E-state index is -4.14. The Morgan fingerprint density at radius 2 is 1.86 bits per heavy atom. The van der Waals surface area contributed by atoms with Crippen LogP contribution in [0, 0.1) is 0 Å². The molecule has 0 atom stereocenters. The van der Waals surface area contributed by atoms with Gasteiger partial charge >= 0.3 is 5.91 Å². The van der Waals surface area contributed by atoms with E-state index in [1.54, 1.807) is 25.1 Å². The van der Waals surface area contributed by atoms with Crippen molar-refractivity contribution in [2.45, 2.75) is 25.2 Å². The minimum Gasteiger partial charge on any atom is -0.492 e. The molecule has 0 aliphatic heterocycles. The number of aryl methyl sites for hydroxylation is 1. The van der Waals surface area contributed by atoms with Gasteiger partial charge in [-0.25, -0.2) is 13.1 Å². The third-order valence-corrected chi connectivity index (χ3v) is 5.83. The van der Waals surface area contributed by atoms with E-state index in [2.05, 4.69) is 4.72 Å². The van der Waals surface area contributed by atoms with Crippen molar-refractivity contribution >= 4 is 32.6 Å². The predicted octanol–water partition coefficient (Wildman–Crippen LogP) is 3.58. The fourth-order valence-electron chi connectivity index (χ4n) is 2.89. The summed E-state index contributed by atoms with van der Waals surface area (Å²) in [7, 11) is -0.358. The summed E-state index contributed by atoms with van der Waals surface area (Å²) in [5, 5.41) is 0.709. The molecule has 0 saturated heterocycles. The second-order valence-electron chi connectivity index (χ2n) is 6.73. The number of fused-ring (bicyclic) bond motifs is 1. The van der Waals surface area contributed by atoms with Crippen molar-refractivity contribution in [1.29, 1.82) is 0 Å². The van der Waals surface area contributed by atoms with Gasteiger partial charge in [0.2, 0.25) is 0 Å². The summed E-state index contributed by atoms with van der Waals surface area (Å²) in [4.78, 5) is 14.4. The summed E-state index contributed by atoms with van der Waals surface area (Å²) in [6.07, 6.45) is 0.653. The van der Waals surface area contributed by atoms with E-state index in [0.29, 0.717) is 24.0 Å². The van der Waals surface area contributed by atoms with Crippen molar-refractivity contribution in [3.63, 3.8) is 0 Å². The highest BCUT2D eigenvalue weighted by Crippen LogP contribution is 2.27. The average molecular weight is 416 g/mol. The normalized spacial score (nSPS) is 11.4. The van der Waals surface area contributed by atoms with Crippen LogP contribution in [0.2, 0.25) is 0 Å². The average Bonchev–Trinajstić information content (AvgIpc) is 3.11. The van der Waals surface area contributed by atoms with Crippen LogP contribution in [-0.4, -0.2) is 35.0 Å². The smallest absolute Gasteiger partial charge is 0.300 e. The molecule has 7 nitrogen and oxygen atoms in total. The zero-order valence-corrected chi connectivity index (χ0v) is 17.7. The monoisotopic (exact) mass is 416 g/mol. The maximum absolute atomic E-state index is 12.9. The molecule has 1 amide bonds. The Morgan fingerprint density at radius 3 is 2.52 bits per heavy atom. The maximum Gasteiger partial charge on any atom is 0.300 e. The second-order valence-corrected chi connectivity index (χ2v) is 8.38. The number of benzene rings is 2. The molecule has 0 saturated carbocycles. The van der Waals surface area contributed by atoms with Gasteiger partial charge in [0.15, 0.2) is 5.76 Å². The van der Waals surface area contributed by atoms with Crippen LogP contribution >= 0.6 is 0 Å². The van der Waals surface area contributed by atoms with E-state index in [1.807, 2.05) is 38.1 Å². The van der Waals surface area contributed by atoms with Crippen LogP contribution in [-0.2, 0) is 16.4 Å². The van der Waals surface area contributed by atoms with Crippen molar-refractivity contribution in [2.24, 2.45) is 0 Å². The molecular weight excluding hydrogens is 392 g/mol. The molecule has 154 valence electrons. The number of sulfonamides is 1. The number of anilines is 1. The number of rotatable bonds is 7. The van der Waals surface area contributed by atoms with Crippen LogP contribution in [0.25, 0.3) is 11.0 Å². The lowest BCUT2D eigenvalue weighted by Crippen LogP contribution is -2.30. The molecule has 8 heteroatoms.